The quantitative estimate of drug-likeness (QED) is 0.0509. The average Bonchev–Trinajstić information content (AvgIpc) is 1.60. The zero-order chi connectivity index (χ0) is 90.2. The zero-order valence-electron chi connectivity index (χ0n) is 73.6. The Hall–Kier alpha value is -15.9. The van der Waals surface area contributed by atoms with Gasteiger partial charge >= 0.3 is 15.9 Å². The van der Waals surface area contributed by atoms with Crippen molar-refractivity contribution in [2.75, 3.05) is 16.9 Å². The third kappa shape index (κ3) is 20.0. The first-order valence-corrected chi connectivity index (χ1v) is 46.4. The van der Waals surface area contributed by atoms with Crippen LogP contribution in [-0.2, 0) is 29.9 Å². The summed E-state index contributed by atoms with van der Waals surface area (Å²) in [4.78, 5) is 13.7. The molecule has 0 saturated heterocycles. The van der Waals surface area contributed by atoms with E-state index in [1.807, 2.05) is 172 Å². The largest absolute Gasteiger partial charge is 0.881 e. The summed E-state index contributed by atoms with van der Waals surface area (Å²) in [7, 11) is -1.97. The van der Waals surface area contributed by atoms with Crippen molar-refractivity contribution in [1.82, 2.24) is 19.1 Å². The van der Waals surface area contributed by atoms with Gasteiger partial charge in [-0.25, -0.2) is 13.4 Å². The zero-order valence-corrected chi connectivity index (χ0v) is 78.0. The molecule has 0 atom stereocenters. The fraction of sp³-hybridized carbons (Fsp3) is 0.0252. The molecule has 0 amide bonds. The van der Waals surface area contributed by atoms with Crippen LogP contribution >= 0.6 is 0 Å². The molecule has 22 aromatic rings. The van der Waals surface area contributed by atoms with Gasteiger partial charge in [0.25, 0.3) is 0 Å². The molecule has 0 spiro atoms. The molecule has 0 aliphatic heterocycles. The number of hydrogen-bond acceptors (Lipinski definition) is 10. The van der Waals surface area contributed by atoms with Gasteiger partial charge in [-0.15, -0.1) is 35.9 Å². The van der Waals surface area contributed by atoms with Crippen LogP contribution in [0.3, 0.4) is 0 Å². The van der Waals surface area contributed by atoms with E-state index in [2.05, 4.69) is 308 Å². The molecular weight excluding hydrogens is 1860 g/mol. The number of sulfone groups is 1. The third-order valence-corrected chi connectivity index (χ3v) is 25.8. The number of para-hydroxylation sites is 7. The number of nitrogens with zero attached hydrogens (tertiary/aromatic N) is 6. The van der Waals surface area contributed by atoms with Crippen LogP contribution in [-0.4, -0.2) is 50.5 Å². The predicted octanol–water partition coefficient (Wildman–Crippen LogP) is 30.5. The minimum atomic E-state index is -3.63. The number of ether oxygens (including phenoxy) is 2. The summed E-state index contributed by atoms with van der Waals surface area (Å²) >= 11 is -0.665. The van der Waals surface area contributed by atoms with Gasteiger partial charge in [-0.1, -0.05) is 248 Å². The molecule has 4 heterocycles. The Bertz CT molecular complexity index is 7480. The second-order valence-corrected chi connectivity index (χ2v) is 34.5. The van der Waals surface area contributed by atoms with E-state index in [0.717, 1.165) is 95.9 Å². The van der Waals surface area contributed by atoms with Crippen LogP contribution in [0.2, 0.25) is 0 Å². The van der Waals surface area contributed by atoms with Crippen LogP contribution < -0.4 is 26.9 Å². The Balaban J connectivity index is 0.000000133. The van der Waals surface area contributed by atoms with Gasteiger partial charge in [0.05, 0.1) is 44.7 Å². The molecule has 22 rings (SSSR count). The van der Waals surface area contributed by atoms with Gasteiger partial charge < -0.3 is 41.0 Å². The summed E-state index contributed by atoms with van der Waals surface area (Å²) in [5.74, 6) is 3.51. The second-order valence-electron chi connectivity index (χ2n) is 31.8. The minimum absolute atomic E-state index is 0. The molecular formula is C119H89AlIrN6O6S-. The van der Waals surface area contributed by atoms with E-state index in [9.17, 15) is 8.42 Å². The molecule has 0 fully saturated rings. The smallest absolute Gasteiger partial charge is 0.616 e. The maximum absolute atomic E-state index is 13.1. The molecule has 2 radical (unpaired) electrons. The van der Waals surface area contributed by atoms with Gasteiger partial charge in [0.15, 0.2) is 0 Å². The molecule has 4 aromatic heterocycles. The number of benzene rings is 18. The van der Waals surface area contributed by atoms with Crippen LogP contribution in [0, 0.1) is 19.9 Å². The third-order valence-electron chi connectivity index (χ3n) is 23.3. The van der Waals surface area contributed by atoms with Crippen molar-refractivity contribution in [2.45, 2.75) is 23.6 Å². The van der Waals surface area contributed by atoms with Crippen LogP contribution in [0.4, 0.5) is 34.1 Å². The number of rotatable bonds is 21. The number of anilines is 6. The summed E-state index contributed by atoms with van der Waals surface area (Å²) in [5, 5.41) is 6.21. The van der Waals surface area contributed by atoms with Gasteiger partial charge in [0, 0.05) is 104 Å². The van der Waals surface area contributed by atoms with E-state index < -0.39 is 25.7 Å². The number of pyridine rings is 2. The van der Waals surface area contributed by atoms with Crippen molar-refractivity contribution in [3.63, 3.8) is 0 Å². The van der Waals surface area contributed by atoms with E-state index in [1.165, 1.54) is 77.2 Å². The van der Waals surface area contributed by atoms with E-state index in [-0.39, 0.29) is 29.9 Å². The Morgan fingerprint density at radius 3 is 1.13 bits per heavy atom. The van der Waals surface area contributed by atoms with Crippen molar-refractivity contribution >= 4 is 114 Å². The van der Waals surface area contributed by atoms with Crippen LogP contribution in [0.25, 0.3) is 111 Å². The minimum Gasteiger partial charge on any atom is -0.616 e. The summed E-state index contributed by atoms with van der Waals surface area (Å²) in [6.45, 7) is 3.91. The number of hydrogen-bond donors (Lipinski definition) is 0. The van der Waals surface area contributed by atoms with Gasteiger partial charge in [-0.2, -0.15) is 0 Å². The summed E-state index contributed by atoms with van der Waals surface area (Å²) in [6, 6.07) is 165. The second kappa shape index (κ2) is 41.4. The van der Waals surface area contributed by atoms with E-state index >= 15 is 0 Å². The molecule has 650 valence electrons. The molecule has 12 nitrogen and oxygen atoms in total. The topological polar surface area (TPSA) is 113 Å². The van der Waals surface area contributed by atoms with Crippen LogP contribution in [0.5, 0.6) is 28.7 Å². The van der Waals surface area contributed by atoms with Crippen LogP contribution in [0.1, 0.15) is 11.3 Å². The molecule has 0 aliphatic rings. The number of aromatic nitrogens is 4. The Morgan fingerprint density at radius 1 is 0.321 bits per heavy atom. The van der Waals surface area contributed by atoms with Gasteiger partial charge in [0.2, 0.25) is 9.84 Å². The summed E-state index contributed by atoms with van der Waals surface area (Å²) < 4.78 is 54.3. The van der Waals surface area contributed by atoms with Crippen molar-refractivity contribution in [3.05, 3.63) is 503 Å². The fourth-order valence-electron chi connectivity index (χ4n) is 16.6. The summed E-state index contributed by atoms with van der Waals surface area (Å²) in [5.41, 5.74) is 25.3. The first-order valence-electron chi connectivity index (χ1n) is 44.0. The van der Waals surface area contributed by atoms with Crippen molar-refractivity contribution in [2.24, 2.45) is 0 Å². The number of methoxy groups -OCH3 is 1. The standard InChI is InChI=1S/C50H40N2O4S.C36H24N2.C12H10O.C11H8N.C10H9NO.Al.Ir/c1-37-13-33-49(34-14-37)57(53,54)50-35-31-48(32-36-50)56-47-29-25-45(26-30-47)52(44-23-27-46(55-2)28-24-44)43-21-17-39(18-22-43)38-15-19-42(20-16-38)51(40-9-5-3-6-10-40)41-11-7-4-8-12-41;1-5-13-33-29(9-1)30-10-2-6-14-34(30)37(33)27-21-17-25(18-22-27)26-19-23-28(24-20-26)38-35-15-7-3-11-31(35)32-12-4-8-16-36(32)38;13-12-8-6-11(7-9-12)10-4-2-1-3-5-10;1-2-6-10(7-3-1)11-8-4-5-9-12-11;1-7-5-6-8-3-2-4-9(12)10(8)11-7;;/h3-36H,1-2H3;1-24H;1-9,13H;1-6,8-9H;2-6,12H,1H3;;/q;;;-1;;+2;/p-2. The SMILES string of the molecule is COc1ccc(N(c2ccc(Oc3ccc(S(=O)(=O)c4ccc(C)cc4)cc3)cc2)c2ccc(-c3ccc(N(c4ccccc4)c4ccccc4)cc3)cc2)cc1.Cc1ccc2cccc([O][Al][O]c3ccc(-c4ccccc4)cc3)c2n1.[Ir].[c-]1ccccc1-c1ccccn1.c1ccc2c(c1)c1ccccc1n2-c1ccc(-c2ccc(-n3c4ccccc4c4ccccc43)cc2)cc1. The van der Waals surface area contributed by atoms with Gasteiger partial charge in [0.1, 0.15) is 28.5 Å². The predicted molar refractivity (Wildman–Crippen MR) is 545 cm³/mol. The van der Waals surface area contributed by atoms with Crippen molar-refractivity contribution < 1.29 is 45.6 Å². The molecule has 0 saturated carbocycles. The first-order chi connectivity index (χ1) is 65.5. The molecule has 134 heavy (non-hydrogen) atoms. The Kier molecular flexibility index (Phi) is 27.4. The van der Waals surface area contributed by atoms with Crippen LogP contribution in [0.15, 0.2) is 495 Å². The molecule has 0 bridgehead atoms. The van der Waals surface area contributed by atoms with Gasteiger partial charge in [-0.3, -0.25) is 0 Å². The molecule has 18 aromatic carbocycles. The number of fused-ring (bicyclic) bond motifs is 7. The Morgan fingerprint density at radius 2 is 0.694 bits per heavy atom. The average molecular weight is 1950 g/mol. The van der Waals surface area contributed by atoms with Crippen molar-refractivity contribution in [3.8, 4) is 84.8 Å². The number of aryl methyl sites for hydroxylation is 2. The Labute approximate surface area is 800 Å². The molecule has 0 unspecified atom stereocenters. The maximum atomic E-state index is 13.1. The normalized spacial score (nSPS) is 10.9. The maximum Gasteiger partial charge on any atom is 0.881 e. The molecule has 15 heteroatoms. The monoisotopic (exact) mass is 1950 g/mol. The fourth-order valence-corrected chi connectivity index (χ4v) is 18.5. The summed E-state index contributed by atoms with van der Waals surface area (Å²) in [6.07, 6.45) is 1.79. The molecule has 0 aliphatic carbocycles. The first kappa shape index (κ1) is 88.7. The van der Waals surface area contributed by atoms with E-state index in [4.69, 9.17) is 17.1 Å². The van der Waals surface area contributed by atoms with E-state index in [1.54, 1.807) is 61.8 Å². The van der Waals surface area contributed by atoms with Gasteiger partial charge in [-0.05, 0) is 265 Å². The van der Waals surface area contributed by atoms with Crippen molar-refractivity contribution in [1.29, 1.82) is 0 Å². The van der Waals surface area contributed by atoms with E-state index in [0.29, 0.717) is 11.5 Å². The molecule has 0 N–H and O–H groups in total.